The summed E-state index contributed by atoms with van der Waals surface area (Å²) in [7, 11) is 0. The summed E-state index contributed by atoms with van der Waals surface area (Å²) in [6, 6.07) is 0. The van der Waals surface area contributed by atoms with Crippen LogP contribution in [0.2, 0.25) is 0 Å². The second-order valence-corrected chi connectivity index (χ2v) is 21.6. The third-order valence-corrected chi connectivity index (χ3v) is 14.2. The third kappa shape index (κ3) is 60.0. The van der Waals surface area contributed by atoms with Crippen LogP contribution in [-0.2, 0) is 28.6 Å². The highest BCUT2D eigenvalue weighted by molar-refractivity contribution is 5.71. The van der Waals surface area contributed by atoms with Gasteiger partial charge in [0.25, 0.3) is 0 Å². The van der Waals surface area contributed by atoms with Crippen molar-refractivity contribution < 1.29 is 28.6 Å². The van der Waals surface area contributed by atoms with Crippen LogP contribution in [0.15, 0.2) is 60.8 Å². The smallest absolute Gasteiger partial charge is 0.306 e. The quantitative estimate of drug-likeness (QED) is 0.0261. The van der Waals surface area contributed by atoms with E-state index in [0.29, 0.717) is 19.3 Å². The van der Waals surface area contributed by atoms with Crippen molar-refractivity contribution in [2.45, 2.75) is 341 Å². The number of hydrogen-bond donors (Lipinski definition) is 0. The molecule has 74 heavy (non-hydrogen) atoms. The average molecular weight is 1040 g/mol. The predicted octanol–water partition coefficient (Wildman–Crippen LogP) is 21.9. The van der Waals surface area contributed by atoms with Gasteiger partial charge in [0, 0.05) is 19.3 Å². The number of rotatable bonds is 59. The highest BCUT2D eigenvalue weighted by Gasteiger charge is 2.19. The maximum Gasteiger partial charge on any atom is 0.306 e. The fourth-order valence-electron chi connectivity index (χ4n) is 9.40. The molecule has 0 aliphatic rings. The number of allylic oxidation sites excluding steroid dienone is 10. The Kier molecular flexibility index (Phi) is 60.2. The van der Waals surface area contributed by atoms with Gasteiger partial charge in [-0.25, -0.2) is 0 Å². The number of carbonyl (C=O) groups excluding carboxylic acids is 3. The summed E-state index contributed by atoms with van der Waals surface area (Å²) in [6.45, 7) is 6.48. The lowest BCUT2D eigenvalue weighted by atomic mass is 10.0. The van der Waals surface area contributed by atoms with Gasteiger partial charge in [0.05, 0.1) is 0 Å². The van der Waals surface area contributed by atoms with E-state index in [1.165, 1.54) is 186 Å². The molecule has 0 aliphatic heterocycles. The van der Waals surface area contributed by atoms with Gasteiger partial charge in [-0.15, -0.1) is 0 Å². The van der Waals surface area contributed by atoms with E-state index in [-0.39, 0.29) is 31.1 Å². The average Bonchev–Trinajstić information content (AvgIpc) is 3.40. The fourth-order valence-corrected chi connectivity index (χ4v) is 9.40. The summed E-state index contributed by atoms with van der Waals surface area (Å²) >= 11 is 0. The van der Waals surface area contributed by atoms with Gasteiger partial charge in [0.2, 0.25) is 0 Å². The molecule has 0 amide bonds. The Morgan fingerprint density at radius 1 is 0.284 bits per heavy atom. The van der Waals surface area contributed by atoms with E-state index in [2.05, 4.69) is 81.5 Å². The molecule has 0 rings (SSSR count). The molecule has 0 saturated carbocycles. The molecule has 0 spiro atoms. The first-order valence-corrected chi connectivity index (χ1v) is 32.3. The summed E-state index contributed by atoms with van der Waals surface area (Å²) in [5.41, 5.74) is 0. The predicted molar refractivity (Wildman–Crippen MR) is 321 cm³/mol. The first-order valence-electron chi connectivity index (χ1n) is 32.3. The third-order valence-electron chi connectivity index (χ3n) is 14.2. The van der Waals surface area contributed by atoms with Crippen LogP contribution in [0.4, 0.5) is 0 Å². The molecule has 6 heteroatoms. The van der Waals surface area contributed by atoms with E-state index in [1.54, 1.807) is 0 Å². The van der Waals surface area contributed by atoms with E-state index in [4.69, 9.17) is 14.2 Å². The van der Waals surface area contributed by atoms with Crippen molar-refractivity contribution in [1.82, 2.24) is 0 Å². The molecule has 0 aromatic rings. The number of esters is 3. The van der Waals surface area contributed by atoms with Gasteiger partial charge in [-0.05, 0) is 96.3 Å². The Morgan fingerprint density at radius 3 is 0.892 bits per heavy atom. The molecule has 6 nitrogen and oxygen atoms in total. The first-order chi connectivity index (χ1) is 36.5. The van der Waals surface area contributed by atoms with Crippen LogP contribution in [0.1, 0.15) is 335 Å². The summed E-state index contributed by atoms with van der Waals surface area (Å²) in [6.07, 6.45) is 79.8. The lowest BCUT2D eigenvalue weighted by molar-refractivity contribution is -0.167. The van der Waals surface area contributed by atoms with Crippen molar-refractivity contribution in [2.24, 2.45) is 0 Å². The number of ether oxygens (including phenoxy) is 3. The van der Waals surface area contributed by atoms with E-state index >= 15 is 0 Å². The van der Waals surface area contributed by atoms with Crippen molar-refractivity contribution in [3.63, 3.8) is 0 Å². The lowest BCUT2D eigenvalue weighted by Gasteiger charge is -2.18. The summed E-state index contributed by atoms with van der Waals surface area (Å²) in [5.74, 6) is -0.897. The molecular weight excluding hydrogens is 913 g/mol. The normalized spacial score (nSPS) is 12.4. The Hall–Kier alpha value is -2.89. The highest BCUT2D eigenvalue weighted by atomic mass is 16.6. The van der Waals surface area contributed by atoms with Crippen LogP contribution in [0.3, 0.4) is 0 Å². The second-order valence-electron chi connectivity index (χ2n) is 21.6. The van der Waals surface area contributed by atoms with Crippen molar-refractivity contribution in [2.75, 3.05) is 13.2 Å². The van der Waals surface area contributed by atoms with Gasteiger partial charge in [0.15, 0.2) is 6.10 Å². The number of carbonyl (C=O) groups is 3. The van der Waals surface area contributed by atoms with Gasteiger partial charge < -0.3 is 14.2 Å². The van der Waals surface area contributed by atoms with Crippen LogP contribution in [0.5, 0.6) is 0 Å². The summed E-state index contributed by atoms with van der Waals surface area (Å²) < 4.78 is 16.8. The van der Waals surface area contributed by atoms with Crippen LogP contribution < -0.4 is 0 Å². The van der Waals surface area contributed by atoms with E-state index in [1.807, 2.05) is 0 Å². The second kappa shape index (κ2) is 62.6. The molecular formula is C68H122O6. The molecule has 0 aromatic heterocycles. The lowest BCUT2D eigenvalue weighted by Crippen LogP contribution is -2.30. The van der Waals surface area contributed by atoms with Gasteiger partial charge in [0.1, 0.15) is 13.2 Å². The minimum atomic E-state index is -0.785. The monoisotopic (exact) mass is 1030 g/mol. The maximum absolute atomic E-state index is 12.8. The van der Waals surface area contributed by atoms with Gasteiger partial charge in [-0.2, -0.15) is 0 Å². The summed E-state index contributed by atoms with van der Waals surface area (Å²) in [5, 5.41) is 0. The zero-order valence-corrected chi connectivity index (χ0v) is 49.4. The van der Waals surface area contributed by atoms with E-state index in [9.17, 15) is 14.4 Å². The van der Waals surface area contributed by atoms with Crippen LogP contribution in [0.25, 0.3) is 0 Å². The molecule has 0 aliphatic carbocycles. The molecule has 0 heterocycles. The zero-order chi connectivity index (χ0) is 53.6. The van der Waals surface area contributed by atoms with Crippen molar-refractivity contribution in [3.05, 3.63) is 60.8 Å². The van der Waals surface area contributed by atoms with Crippen LogP contribution in [0, 0.1) is 0 Å². The largest absolute Gasteiger partial charge is 0.462 e. The molecule has 0 fully saturated rings. The molecule has 0 saturated heterocycles. The Morgan fingerprint density at radius 2 is 0.554 bits per heavy atom. The van der Waals surface area contributed by atoms with Crippen molar-refractivity contribution >= 4 is 17.9 Å². The van der Waals surface area contributed by atoms with Gasteiger partial charge in [-0.1, -0.05) is 281 Å². The molecule has 1 atom stereocenters. The van der Waals surface area contributed by atoms with Crippen molar-refractivity contribution in [1.29, 1.82) is 0 Å². The minimum absolute atomic E-state index is 0.0815. The molecule has 0 bridgehead atoms. The van der Waals surface area contributed by atoms with Crippen LogP contribution >= 0.6 is 0 Å². The van der Waals surface area contributed by atoms with Gasteiger partial charge >= 0.3 is 17.9 Å². The molecule has 430 valence electrons. The molecule has 0 radical (unpaired) electrons. The number of hydrogen-bond acceptors (Lipinski definition) is 6. The number of unbranched alkanes of at least 4 members (excludes halogenated alkanes) is 38. The molecule has 1 unspecified atom stereocenters. The standard InChI is InChI=1S/C68H122O6/c1-4-7-10-13-16-19-22-24-26-27-28-29-30-31-32-33-34-35-36-37-38-39-40-41-43-44-46-49-52-55-58-61-67(70)73-64-65(63-72-66(69)60-57-54-51-48-21-18-15-12-9-6-3)74-68(71)62-59-56-53-50-47-45-42-25-23-20-17-14-11-8-5-2/h8,11-12,15,17,20,25,27-28,42,65H,4-7,9-10,13-14,16,18-19,21-24,26,29-41,43-64H2,1-3H3/b11-8-,15-12-,20-17-,28-27-,42-25-. The van der Waals surface area contributed by atoms with E-state index in [0.717, 1.165) is 109 Å². The van der Waals surface area contributed by atoms with E-state index < -0.39 is 6.10 Å². The molecule has 0 aromatic carbocycles. The SMILES string of the molecule is CC/C=C\C/C=C\C/C=C\CCCCCCCC(=O)OC(COC(=O)CCCCCCC/C=C\CCC)COC(=O)CCCCCCCCCCCCCCCCCCCCC/C=C\CCCCCCCCCC. The maximum atomic E-state index is 12.8. The minimum Gasteiger partial charge on any atom is -0.462 e. The Labute approximate surface area is 460 Å². The Bertz CT molecular complexity index is 1330. The zero-order valence-electron chi connectivity index (χ0n) is 49.4. The van der Waals surface area contributed by atoms with Crippen LogP contribution in [-0.4, -0.2) is 37.2 Å². The topological polar surface area (TPSA) is 78.9 Å². The molecule has 0 N–H and O–H groups in total. The first kappa shape index (κ1) is 71.1. The Balaban J connectivity index is 4.08. The van der Waals surface area contributed by atoms with Gasteiger partial charge in [-0.3, -0.25) is 14.4 Å². The fraction of sp³-hybridized carbons (Fsp3) is 0.809. The summed E-state index contributed by atoms with van der Waals surface area (Å²) in [4.78, 5) is 38.1. The van der Waals surface area contributed by atoms with Crippen molar-refractivity contribution in [3.8, 4) is 0 Å². The highest BCUT2D eigenvalue weighted by Crippen LogP contribution is 2.17.